The van der Waals surface area contributed by atoms with Crippen LogP contribution in [0.2, 0.25) is 0 Å². The van der Waals surface area contributed by atoms with Gasteiger partial charge in [-0.2, -0.15) is 0 Å². The van der Waals surface area contributed by atoms with E-state index in [2.05, 4.69) is 23.4 Å². The molecule has 0 saturated heterocycles. The second kappa shape index (κ2) is 5.55. The summed E-state index contributed by atoms with van der Waals surface area (Å²) >= 11 is 5.79. The summed E-state index contributed by atoms with van der Waals surface area (Å²) in [5.74, 6) is 0.533. The summed E-state index contributed by atoms with van der Waals surface area (Å²) in [5, 5.41) is 3.14. The Kier molecular flexibility index (Phi) is 4.33. The van der Waals surface area contributed by atoms with E-state index in [-0.39, 0.29) is 0 Å². The number of nitrogens with one attached hydrogen (secondary N) is 1. The maximum Gasteiger partial charge on any atom is 0.0873 e. The maximum atomic E-state index is 5.79. The van der Waals surface area contributed by atoms with E-state index < -0.39 is 0 Å². The highest BCUT2D eigenvalue weighted by atomic mass is 35.5. The lowest BCUT2D eigenvalue weighted by Gasteiger charge is -2.20. The summed E-state index contributed by atoms with van der Waals surface area (Å²) in [7, 11) is 0. The van der Waals surface area contributed by atoms with Crippen LogP contribution in [0.5, 0.6) is 0 Å². The fourth-order valence-electron chi connectivity index (χ4n) is 1.30. The quantitative estimate of drug-likeness (QED) is 0.553. The highest BCUT2D eigenvalue weighted by molar-refractivity contribution is 6.19. The summed E-state index contributed by atoms with van der Waals surface area (Å²) < 4.78 is 0. The Morgan fingerprint density at radius 1 is 1.64 bits per heavy atom. The van der Waals surface area contributed by atoms with E-state index in [4.69, 9.17) is 11.6 Å². The first-order valence-corrected chi connectivity index (χ1v) is 5.02. The first-order valence-electron chi connectivity index (χ1n) is 4.49. The second-order valence-electron chi connectivity index (χ2n) is 3.01. The zero-order valence-electron chi connectivity index (χ0n) is 8.17. The van der Waals surface area contributed by atoms with E-state index in [1.54, 1.807) is 6.08 Å². The number of rotatable bonds is 5. The van der Waals surface area contributed by atoms with Gasteiger partial charge in [0.15, 0.2) is 0 Å². The molecule has 0 aromatic heterocycles. The molecule has 2 nitrogen and oxygen atoms in total. The van der Waals surface area contributed by atoms with Crippen LogP contribution in [0.4, 0.5) is 0 Å². The van der Waals surface area contributed by atoms with Crippen molar-refractivity contribution >= 4 is 11.6 Å². The zero-order valence-corrected chi connectivity index (χ0v) is 8.93. The van der Waals surface area contributed by atoms with Crippen molar-refractivity contribution in [1.29, 1.82) is 0 Å². The third-order valence-corrected chi connectivity index (χ3v) is 2.34. The van der Waals surface area contributed by atoms with Crippen molar-refractivity contribution in [3.8, 4) is 0 Å². The lowest BCUT2D eigenvalue weighted by molar-refractivity contribution is 0.398. The molecule has 0 aromatic carbocycles. The molecule has 1 N–H and O–H groups in total. The third kappa shape index (κ3) is 2.67. The van der Waals surface area contributed by atoms with Crippen LogP contribution in [0.25, 0.3) is 0 Å². The number of hydrogen-bond donors (Lipinski definition) is 1. The molecule has 0 amide bonds. The number of nitrogens with zero attached hydrogens (tertiary/aromatic N) is 1. The predicted molar refractivity (Wildman–Crippen MR) is 62.0 cm³/mol. The fraction of sp³-hybridized carbons (Fsp3) is 0.273. The lowest BCUT2D eigenvalue weighted by Crippen LogP contribution is -2.26. The van der Waals surface area contributed by atoms with Crippen LogP contribution in [-0.4, -0.2) is 24.0 Å². The van der Waals surface area contributed by atoms with Gasteiger partial charge < -0.3 is 10.2 Å². The smallest absolute Gasteiger partial charge is 0.0873 e. The van der Waals surface area contributed by atoms with Gasteiger partial charge in [-0.25, -0.2) is 0 Å². The molecule has 0 bridgehead atoms. The molecule has 1 heterocycles. The summed E-state index contributed by atoms with van der Waals surface area (Å²) in [5.41, 5.74) is 2.25. The minimum absolute atomic E-state index is 0.533. The molecule has 1 aliphatic heterocycles. The maximum absolute atomic E-state index is 5.79. The van der Waals surface area contributed by atoms with Crippen molar-refractivity contribution < 1.29 is 0 Å². The van der Waals surface area contributed by atoms with Crippen LogP contribution in [-0.2, 0) is 0 Å². The number of halogens is 1. The van der Waals surface area contributed by atoms with Gasteiger partial charge in [-0.15, -0.1) is 11.6 Å². The first kappa shape index (κ1) is 10.9. The van der Waals surface area contributed by atoms with Crippen molar-refractivity contribution in [3.63, 3.8) is 0 Å². The van der Waals surface area contributed by atoms with Gasteiger partial charge in [0.25, 0.3) is 0 Å². The van der Waals surface area contributed by atoms with Gasteiger partial charge in [-0.3, -0.25) is 0 Å². The van der Waals surface area contributed by atoms with Crippen LogP contribution in [0.15, 0.2) is 48.9 Å². The molecule has 0 atom stereocenters. The molecule has 0 spiro atoms. The van der Waals surface area contributed by atoms with Gasteiger partial charge in [0.05, 0.1) is 12.5 Å². The molecular formula is C11H15ClN2. The van der Waals surface area contributed by atoms with Gasteiger partial charge in [-0.1, -0.05) is 31.4 Å². The minimum Gasteiger partial charge on any atom is -0.372 e. The van der Waals surface area contributed by atoms with Crippen molar-refractivity contribution in [2.24, 2.45) is 0 Å². The Morgan fingerprint density at radius 2 is 2.43 bits per heavy atom. The summed E-state index contributed by atoms with van der Waals surface area (Å²) in [6.45, 7) is 9.05. The van der Waals surface area contributed by atoms with E-state index in [0.717, 1.165) is 24.5 Å². The Hall–Kier alpha value is -1.15. The van der Waals surface area contributed by atoms with E-state index in [1.807, 2.05) is 18.4 Å². The molecule has 3 heteroatoms. The SMILES string of the molecule is C=C/C=C(\C=C)CN1CNC=C1CCl. The van der Waals surface area contributed by atoms with Crippen molar-refractivity contribution in [1.82, 2.24) is 10.2 Å². The molecule has 1 aliphatic rings. The number of hydrogen-bond acceptors (Lipinski definition) is 2. The minimum atomic E-state index is 0.533. The first-order chi connectivity index (χ1) is 6.81. The average Bonchev–Trinajstić information content (AvgIpc) is 2.64. The third-order valence-electron chi connectivity index (χ3n) is 2.06. The van der Waals surface area contributed by atoms with Crippen LogP contribution in [0.3, 0.4) is 0 Å². The molecular weight excluding hydrogens is 196 g/mol. The second-order valence-corrected chi connectivity index (χ2v) is 3.28. The molecule has 0 fully saturated rings. The molecule has 76 valence electrons. The average molecular weight is 211 g/mol. The molecule has 14 heavy (non-hydrogen) atoms. The largest absolute Gasteiger partial charge is 0.372 e. The van der Waals surface area contributed by atoms with Crippen molar-refractivity contribution in [2.75, 3.05) is 19.1 Å². The fourth-order valence-corrected chi connectivity index (χ4v) is 1.55. The van der Waals surface area contributed by atoms with Gasteiger partial charge in [-0.05, 0) is 5.57 Å². The van der Waals surface area contributed by atoms with Crippen molar-refractivity contribution in [2.45, 2.75) is 0 Å². The van der Waals surface area contributed by atoms with E-state index in [9.17, 15) is 0 Å². The van der Waals surface area contributed by atoms with Crippen LogP contribution >= 0.6 is 11.6 Å². The molecule has 0 saturated carbocycles. The Bertz CT molecular complexity index is 279. The summed E-state index contributed by atoms with van der Waals surface area (Å²) in [4.78, 5) is 2.17. The molecule has 0 aromatic rings. The summed E-state index contributed by atoms with van der Waals surface area (Å²) in [6.07, 6.45) is 7.51. The monoisotopic (exact) mass is 210 g/mol. The van der Waals surface area contributed by atoms with E-state index >= 15 is 0 Å². The Morgan fingerprint density at radius 3 is 3.00 bits per heavy atom. The van der Waals surface area contributed by atoms with Gasteiger partial charge in [0.2, 0.25) is 0 Å². The Labute approximate surface area is 90.2 Å². The van der Waals surface area contributed by atoms with Gasteiger partial charge in [0.1, 0.15) is 0 Å². The topological polar surface area (TPSA) is 15.3 Å². The highest BCUT2D eigenvalue weighted by Gasteiger charge is 2.13. The van der Waals surface area contributed by atoms with E-state index in [1.165, 1.54) is 0 Å². The van der Waals surface area contributed by atoms with Crippen molar-refractivity contribution in [3.05, 3.63) is 48.9 Å². The van der Waals surface area contributed by atoms with Crippen LogP contribution in [0.1, 0.15) is 0 Å². The van der Waals surface area contributed by atoms with Crippen LogP contribution in [0, 0.1) is 0 Å². The normalized spacial score (nSPS) is 16.2. The highest BCUT2D eigenvalue weighted by Crippen LogP contribution is 2.12. The lowest BCUT2D eigenvalue weighted by atomic mass is 10.2. The molecule has 0 aliphatic carbocycles. The van der Waals surface area contributed by atoms with E-state index in [0.29, 0.717) is 5.88 Å². The van der Waals surface area contributed by atoms with Crippen LogP contribution < -0.4 is 5.32 Å². The van der Waals surface area contributed by atoms with Gasteiger partial charge >= 0.3 is 0 Å². The Balaban J connectivity index is 2.59. The zero-order chi connectivity index (χ0) is 10.4. The number of alkyl halides is 1. The molecule has 0 unspecified atom stereocenters. The molecule has 1 rings (SSSR count). The predicted octanol–water partition coefficient (Wildman–Crippen LogP) is 2.23. The molecule has 0 radical (unpaired) electrons. The standard InChI is InChI=1S/C11H15ClN2/c1-3-5-10(4-2)8-14-9-13-7-11(14)6-12/h3-5,7,13H,1-2,6,8-9H2/b10-5+. The number of allylic oxidation sites excluding steroid dienone is 3. The summed E-state index contributed by atoms with van der Waals surface area (Å²) in [6, 6.07) is 0. The van der Waals surface area contributed by atoms with Gasteiger partial charge in [0, 0.05) is 18.4 Å².